The van der Waals surface area contributed by atoms with Gasteiger partial charge in [-0.15, -0.1) is 0 Å². The lowest BCUT2D eigenvalue weighted by atomic mass is 10.1. The average molecular weight is 349 g/mol. The molecule has 0 N–H and O–H groups in total. The van der Waals surface area contributed by atoms with Crippen molar-refractivity contribution in [3.8, 4) is 5.69 Å². The molecule has 1 aromatic heterocycles. The summed E-state index contributed by atoms with van der Waals surface area (Å²) in [5.41, 5.74) is 1.42. The predicted molar refractivity (Wildman–Crippen MR) is 90.9 cm³/mol. The Hall–Kier alpha value is -2.02. The van der Waals surface area contributed by atoms with E-state index < -0.39 is 10.8 Å². The molecule has 1 amide bonds. The molecule has 1 aliphatic heterocycles. The van der Waals surface area contributed by atoms with E-state index in [4.69, 9.17) is 0 Å². The third-order valence-corrected chi connectivity index (χ3v) is 5.75. The van der Waals surface area contributed by atoms with Gasteiger partial charge in [-0.1, -0.05) is 0 Å². The van der Waals surface area contributed by atoms with Crippen LogP contribution in [-0.4, -0.2) is 49.4 Å². The van der Waals surface area contributed by atoms with Gasteiger partial charge < -0.3 is 4.90 Å². The summed E-state index contributed by atoms with van der Waals surface area (Å²) in [6.45, 7) is 0. The topological polar surface area (TPSA) is 55.2 Å². The van der Waals surface area contributed by atoms with E-state index in [0.29, 0.717) is 17.2 Å². The van der Waals surface area contributed by atoms with Gasteiger partial charge in [0, 0.05) is 41.6 Å². The number of nitrogens with zero attached hydrogens (tertiary/aromatic N) is 3. The molecule has 24 heavy (non-hydrogen) atoms. The molecule has 5 nitrogen and oxygen atoms in total. The molecule has 1 fully saturated rings. The summed E-state index contributed by atoms with van der Waals surface area (Å²) in [7, 11) is 1.08. The van der Waals surface area contributed by atoms with Gasteiger partial charge in [0.05, 0.1) is 17.8 Å². The summed E-state index contributed by atoms with van der Waals surface area (Å²) >= 11 is 0. The maximum Gasteiger partial charge on any atom is 0.228 e. The molecule has 1 aliphatic rings. The van der Waals surface area contributed by atoms with Crippen LogP contribution < -0.4 is 0 Å². The van der Waals surface area contributed by atoms with Crippen LogP contribution in [0.15, 0.2) is 36.5 Å². The zero-order chi connectivity index (χ0) is 17.1. The Morgan fingerprint density at radius 2 is 1.96 bits per heavy atom. The third kappa shape index (κ3) is 3.90. The van der Waals surface area contributed by atoms with Crippen molar-refractivity contribution in [1.29, 1.82) is 0 Å². The van der Waals surface area contributed by atoms with Crippen molar-refractivity contribution in [3.05, 3.63) is 48.0 Å². The Balaban J connectivity index is 1.62. The fourth-order valence-corrected chi connectivity index (χ4v) is 4.12. The third-order valence-electron chi connectivity index (χ3n) is 4.37. The number of carbonyl (C=O) groups excluding carboxylic acids is 1. The second kappa shape index (κ2) is 7.25. The molecule has 0 unspecified atom stereocenters. The maximum absolute atomic E-state index is 13.0. The Labute approximate surface area is 142 Å². The second-order valence-corrected chi connectivity index (χ2v) is 7.68. The summed E-state index contributed by atoms with van der Waals surface area (Å²) < 4.78 is 26.0. The molecule has 0 saturated carbocycles. The molecule has 0 aliphatic carbocycles. The van der Waals surface area contributed by atoms with Crippen molar-refractivity contribution in [2.45, 2.75) is 25.3 Å². The van der Waals surface area contributed by atoms with Crippen LogP contribution >= 0.6 is 0 Å². The zero-order valence-electron chi connectivity index (χ0n) is 13.5. The predicted octanol–water partition coefficient (Wildman–Crippen LogP) is 1.92. The normalized spacial score (nSPS) is 20.8. The zero-order valence-corrected chi connectivity index (χ0v) is 14.3. The van der Waals surface area contributed by atoms with Gasteiger partial charge in [-0.2, -0.15) is 5.10 Å². The molecule has 0 radical (unpaired) electrons. The molecule has 7 heteroatoms. The largest absolute Gasteiger partial charge is 0.342 e. The van der Waals surface area contributed by atoms with Crippen LogP contribution in [0.5, 0.6) is 0 Å². The SMILES string of the molecule is CN(C(=O)Cc1ccn(-c2ccc(F)cc2)n1)C1CCS(=O)CC1. The van der Waals surface area contributed by atoms with E-state index in [-0.39, 0.29) is 24.2 Å². The Bertz CT molecular complexity index is 735. The van der Waals surface area contributed by atoms with Gasteiger partial charge in [-0.3, -0.25) is 9.00 Å². The van der Waals surface area contributed by atoms with Crippen LogP contribution in [0.2, 0.25) is 0 Å². The summed E-state index contributed by atoms with van der Waals surface area (Å²) in [4.78, 5) is 14.2. The molecule has 0 bridgehead atoms. The minimum atomic E-state index is -0.729. The van der Waals surface area contributed by atoms with Gasteiger partial charge >= 0.3 is 0 Å². The van der Waals surface area contributed by atoms with E-state index in [0.717, 1.165) is 18.5 Å². The Morgan fingerprint density at radius 1 is 1.29 bits per heavy atom. The van der Waals surface area contributed by atoms with Crippen molar-refractivity contribution in [3.63, 3.8) is 0 Å². The number of aromatic nitrogens is 2. The average Bonchev–Trinajstić information content (AvgIpc) is 3.04. The first-order chi connectivity index (χ1) is 11.5. The van der Waals surface area contributed by atoms with E-state index >= 15 is 0 Å². The lowest BCUT2D eigenvalue weighted by Gasteiger charge is -2.30. The summed E-state index contributed by atoms with van der Waals surface area (Å²) in [5, 5.41) is 4.39. The minimum Gasteiger partial charge on any atom is -0.342 e. The van der Waals surface area contributed by atoms with Gasteiger partial charge in [-0.05, 0) is 43.2 Å². The van der Waals surface area contributed by atoms with E-state index in [2.05, 4.69) is 5.10 Å². The fraction of sp³-hybridized carbons (Fsp3) is 0.412. The molecule has 1 aromatic carbocycles. The van der Waals surface area contributed by atoms with Crippen LogP contribution in [0, 0.1) is 5.82 Å². The van der Waals surface area contributed by atoms with E-state index in [1.807, 2.05) is 0 Å². The lowest BCUT2D eigenvalue weighted by molar-refractivity contribution is -0.131. The Kier molecular flexibility index (Phi) is 5.08. The summed E-state index contributed by atoms with van der Waals surface area (Å²) in [5.74, 6) is 1.05. The first-order valence-electron chi connectivity index (χ1n) is 7.94. The number of rotatable bonds is 4. The molecule has 2 heterocycles. The lowest BCUT2D eigenvalue weighted by Crippen LogP contribution is -2.41. The molecular weight excluding hydrogens is 329 g/mol. The van der Waals surface area contributed by atoms with Crippen LogP contribution in [0.3, 0.4) is 0 Å². The van der Waals surface area contributed by atoms with Crippen LogP contribution in [0.4, 0.5) is 4.39 Å². The number of halogens is 1. The number of carbonyl (C=O) groups is 1. The molecule has 0 atom stereocenters. The monoisotopic (exact) mass is 349 g/mol. The first kappa shape index (κ1) is 16.8. The molecule has 0 spiro atoms. The maximum atomic E-state index is 13.0. The number of hydrogen-bond donors (Lipinski definition) is 0. The highest BCUT2D eigenvalue weighted by Gasteiger charge is 2.25. The summed E-state index contributed by atoms with van der Waals surface area (Å²) in [6.07, 6.45) is 3.57. The van der Waals surface area contributed by atoms with Crippen molar-refractivity contribution in [2.75, 3.05) is 18.6 Å². The molecule has 3 rings (SSSR count). The van der Waals surface area contributed by atoms with E-state index in [1.165, 1.54) is 12.1 Å². The van der Waals surface area contributed by atoms with Crippen molar-refractivity contribution in [2.24, 2.45) is 0 Å². The van der Waals surface area contributed by atoms with Crippen LogP contribution in [-0.2, 0) is 22.0 Å². The number of benzene rings is 1. The van der Waals surface area contributed by atoms with Gasteiger partial charge in [0.2, 0.25) is 5.91 Å². The van der Waals surface area contributed by atoms with Gasteiger partial charge in [0.1, 0.15) is 5.82 Å². The molecule has 128 valence electrons. The van der Waals surface area contributed by atoms with Gasteiger partial charge in [0.25, 0.3) is 0 Å². The van der Waals surface area contributed by atoms with E-state index in [9.17, 15) is 13.4 Å². The highest BCUT2D eigenvalue weighted by atomic mass is 32.2. The van der Waals surface area contributed by atoms with E-state index in [1.54, 1.807) is 41.0 Å². The Morgan fingerprint density at radius 3 is 2.62 bits per heavy atom. The molecule has 2 aromatic rings. The summed E-state index contributed by atoms with van der Waals surface area (Å²) in [6, 6.07) is 8.00. The van der Waals surface area contributed by atoms with Crippen molar-refractivity contribution < 1.29 is 13.4 Å². The standard InChI is InChI=1S/C17H20FN3O2S/c1-20(15-7-10-24(23)11-8-15)17(22)12-14-6-9-21(19-14)16-4-2-13(18)3-5-16/h2-6,9,15H,7-8,10-12H2,1H3. The highest BCUT2D eigenvalue weighted by Crippen LogP contribution is 2.16. The second-order valence-electron chi connectivity index (χ2n) is 5.99. The van der Waals surface area contributed by atoms with Gasteiger partial charge in [-0.25, -0.2) is 9.07 Å². The number of hydrogen-bond acceptors (Lipinski definition) is 3. The van der Waals surface area contributed by atoms with Gasteiger partial charge in [0.15, 0.2) is 0 Å². The first-order valence-corrected chi connectivity index (χ1v) is 9.43. The highest BCUT2D eigenvalue weighted by molar-refractivity contribution is 7.85. The molecular formula is C17H20FN3O2S. The smallest absolute Gasteiger partial charge is 0.228 e. The molecule has 1 saturated heterocycles. The number of amides is 1. The van der Waals surface area contributed by atoms with Crippen LogP contribution in [0.25, 0.3) is 5.69 Å². The fourth-order valence-electron chi connectivity index (χ4n) is 2.85. The van der Waals surface area contributed by atoms with Crippen LogP contribution in [0.1, 0.15) is 18.5 Å². The van der Waals surface area contributed by atoms with Crippen molar-refractivity contribution in [1.82, 2.24) is 14.7 Å². The number of likely N-dealkylation sites (N-methyl/N-ethyl adjacent to an activating group) is 1. The quantitative estimate of drug-likeness (QED) is 0.847. The minimum absolute atomic E-state index is 0.0111. The van der Waals surface area contributed by atoms with Crippen molar-refractivity contribution >= 4 is 16.7 Å².